The summed E-state index contributed by atoms with van der Waals surface area (Å²) in [5.74, 6) is 0.483. The smallest absolute Gasteiger partial charge is 0.261 e. The molecule has 6 nitrogen and oxygen atoms in total. The quantitative estimate of drug-likeness (QED) is 0.535. The summed E-state index contributed by atoms with van der Waals surface area (Å²) in [4.78, 5) is 12.9. The van der Waals surface area contributed by atoms with Crippen LogP contribution >= 0.6 is 0 Å². The molecule has 31 heavy (non-hydrogen) atoms. The Hall–Kier alpha value is -3.32. The minimum absolute atomic E-state index is 0.164. The Morgan fingerprint density at radius 2 is 1.68 bits per heavy atom. The molecule has 0 aromatic heterocycles. The average Bonchev–Trinajstić information content (AvgIpc) is 2.74. The van der Waals surface area contributed by atoms with Gasteiger partial charge in [0.05, 0.1) is 17.5 Å². The third-order valence-corrected chi connectivity index (χ3v) is 6.14. The zero-order valence-electron chi connectivity index (χ0n) is 17.8. The van der Waals surface area contributed by atoms with Gasteiger partial charge in [0.25, 0.3) is 15.9 Å². The molecule has 0 spiro atoms. The van der Waals surface area contributed by atoms with Gasteiger partial charge in [-0.25, -0.2) is 8.42 Å². The SMILES string of the molecule is CCOc1ccc([C@@H](C)NC(=O)c2cccc(NS(=O)(=O)c3ccc(C)cc3)c2)cc1. The van der Waals surface area contributed by atoms with Gasteiger partial charge in [0.2, 0.25) is 0 Å². The third-order valence-electron chi connectivity index (χ3n) is 4.75. The molecule has 0 saturated heterocycles. The highest BCUT2D eigenvalue weighted by Gasteiger charge is 2.16. The summed E-state index contributed by atoms with van der Waals surface area (Å²) in [5.41, 5.74) is 2.59. The molecular weight excluding hydrogens is 412 g/mol. The molecule has 0 bridgehead atoms. The molecule has 0 aliphatic carbocycles. The van der Waals surface area contributed by atoms with Gasteiger partial charge in [-0.15, -0.1) is 0 Å². The molecule has 0 heterocycles. The Morgan fingerprint density at radius 3 is 2.32 bits per heavy atom. The summed E-state index contributed by atoms with van der Waals surface area (Å²) >= 11 is 0. The van der Waals surface area contributed by atoms with Crippen LogP contribution in [-0.2, 0) is 10.0 Å². The first-order valence-corrected chi connectivity index (χ1v) is 11.5. The van der Waals surface area contributed by atoms with Gasteiger partial charge in [-0.1, -0.05) is 35.9 Å². The van der Waals surface area contributed by atoms with E-state index in [2.05, 4.69) is 10.0 Å². The van der Waals surface area contributed by atoms with Gasteiger partial charge < -0.3 is 10.1 Å². The average molecular weight is 439 g/mol. The molecule has 1 amide bonds. The van der Waals surface area contributed by atoms with Gasteiger partial charge in [-0.2, -0.15) is 0 Å². The highest BCUT2D eigenvalue weighted by atomic mass is 32.2. The lowest BCUT2D eigenvalue weighted by Gasteiger charge is -2.16. The van der Waals surface area contributed by atoms with Gasteiger partial charge in [0.1, 0.15) is 5.75 Å². The van der Waals surface area contributed by atoms with Crippen LogP contribution < -0.4 is 14.8 Å². The molecule has 162 valence electrons. The monoisotopic (exact) mass is 438 g/mol. The molecule has 0 unspecified atom stereocenters. The number of amides is 1. The zero-order valence-corrected chi connectivity index (χ0v) is 18.6. The van der Waals surface area contributed by atoms with Gasteiger partial charge in [-0.3, -0.25) is 9.52 Å². The van der Waals surface area contributed by atoms with Crippen molar-refractivity contribution in [2.75, 3.05) is 11.3 Å². The molecule has 7 heteroatoms. The maximum absolute atomic E-state index is 12.7. The third kappa shape index (κ3) is 5.86. The number of aryl methyl sites for hydroxylation is 1. The first-order chi connectivity index (χ1) is 14.8. The maximum Gasteiger partial charge on any atom is 0.261 e. The first kappa shape index (κ1) is 22.4. The summed E-state index contributed by atoms with van der Waals surface area (Å²) in [6.45, 7) is 6.29. The number of carbonyl (C=O) groups is 1. The number of rotatable bonds is 8. The molecule has 1 atom stereocenters. The second-order valence-corrected chi connectivity index (χ2v) is 8.88. The van der Waals surface area contributed by atoms with Crippen LogP contribution in [0.5, 0.6) is 5.75 Å². The molecule has 3 aromatic rings. The van der Waals surface area contributed by atoms with E-state index in [1.54, 1.807) is 42.5 Å². The Morgan fingerprint density at radius 1 is 1.00 bits per heavy atom. The molecule has 0 aliphatic heterocycles. The van der Waals surface area contributed by atoms with Crippen LogP contribution in [-0.4, -0.2) is 20.9 Å². The van der Waals surface area contributed by atoms with E-state index >= 15 is 0 Å². The number of hydrogen-bond donors (Lipinski definition) is 2. The molecule has 3 rings (SSSR count). The number of benzene rings is 3. The van der Waals surface area contributed by atoms with Crippen LogP contribution in [0, 0.1) is 6.92 Å². The normalized spacial score (nSPS) is 12.1. The van der Waals surface area contributed by atoms with Crippen molar-refractivity contribution in [1.82, 2.24) is 5.32 Å². The van der Waals surface area contributed by atoms with E-state index in [9.17, 15) is 13.2 Å². The predicted molar refractivity (Wildman–Crippen MR) is 122 cm³/mol. The number of ether oxygens (including phenoxy) is 1. The summed E-state index contributed by atoms with van der Waals surface area (Å²) in [5, 5.41) is 2.93. The molecule has 2 N–H and O–H groups in total. The van der Waals surface area contributed by atoms with Crippen molar-refractivity contribution in [1.29, 1.82) is 0 Å². The van der Waals surface area contributed by atoms with Crippen molar-refractivity contribution in [3.8, 4) is 5.75 Å². The standard InChI is InChI=1S/C24H26N2O4S/c1-4-30-22-12-10-19(11-13-22)18(3)25-24(27)20-6-5-7-21(16-20)26-31(28,29)23-14-8-17(2)9-15-23/h5-16,18,26H,4H2,1-3H3,(H,25,27)/t18-/m1/s1. The van der Waals surface area contributed by atoms with Crippen molar-refractivity contribution in [2.45, 2.75) is 31.7 Å². The van der Waals surface area contributed by atoms with E-state index in [0.29, 0.717) is 17.9 Å². The zero-order chi connectivity index (χ0) is 22.4. The number of anilines is 1. The van der Waals surface area contributed by atoms with E-state index in [0.717, 1.165) is 16.9 Å². The largest absolute Gasteiger partial charge is 0.494 e. The van der Waals surface area contributed by atoms with Gasteiger partial charge in [-0.05, 0) is 68.8 Å². The van der Waals surface area contributed by atoms with Crippen LogP contribution in [0.2, 0.25) is 0 Å². The fourth-order valence-electron chi connectivity index (χ4n) is 3.04. The van der Waals surface area contributed by atoms with Crippen molar-refractivity contribution < 1.29 is 17.9 Å². The Labute approximate surface area is 183 Å². The Kier molecular flexibility index (Phi) is 6.97. The van der Waals surface area contributed by atoms with Gasteiger partial charge in [0.15, 0.2) is 0 Å². The van der Waals surface area contributed by atoms with Gasteiger partial charge in [0, 0.05) is 11.3 Å². The lowest BCUT2D eigenvalue weighted by atomic mass is 10.1. The molecule has 0 saturated carbocycles. The minimum atomic E-state index is -3.74. The van der Waals surface area contributed by atoms with E-state index in [1.165, 1.54) is 6.07 Å². The van der Waals surface area contributed by atoms with Crippen LogP contribution in [0.15, 0.2) is 77.7 Å². The van der Waals surface area contributed by atoms with E-state index in [1.807, 2.05) is 45.0 Å². The lowest BCUT2D eigenvalue weighted by Crippen LogP contribution is -2.26. The van der Waals surface area contributed by atoms with Crippen molar-refractivity contribution in [3.05, 3.63) is 89.5 Å². The number of carbonyl (C=O) groups excluding carboxylic acids is 1. The van der Waals surface area contributed by atoms with Crippen LogP contribution in [0.1, 0.15) is 41.4 Å². The fraction of sp³-hybridized carbons (Fsp3) is 0.208. The first-order valence-electron chi connectivity index (χ1n) is 10.0. The summed E-state index contributed by atoms with van der Waals surface area (Å²) in [6, 6.07) is 20.3. The number of sulfonamides is 1. The molecule has 0 aliphatic rings. The van der Waals surface area contributed by atoms with Gasteiger partial charge >= 0.3 is 0 Å². The van der Waals surface area contributed by atoms with Crippen LogP contribution in [0.25, 0.3) is 0 Å². The molecule has 0 fully saturated rings. The van der Waals surface area contributed by atoms with Crippen molar-refractivity contribution in [2.24, 2.45) is 0 Å². The highest BCUT2D eigenvalue weighted by Crippen LogP contribution is 2.20. The van der Waals surface area contributed by atoms with Crippen molar-refractivity contribution in [3.63, 3.8) is 0 Å². The fourth-order valence-corrected chi connectivity index (χ4v) is 4.09. The minimum Gasteiger partial charge on any atom is -0.494 e. The Bertz CT molecular complexity index is 1140. The van der Waals surface area contributed by atoms with E-state index in [-0.39, 0.29) is 16.8 Å². The summed E-state index contributed by atoms with van der Waals surface area (Å²) in [7, 11) is -3.74. The summed E-state index contributed by atoms with van der Waals surface area (Å²) in [6.07, 6.45) is 0. The molecular formula is C24H26N2O4S. The number of nitrogens with one attached hydrogen (secondary N) is 2. The second-order valence-electron chi connectivity index (χ2n) is 7.20. The van der Waals surface area contributed by atoms with Crippen molar-refractivity contribution >= 4 is 21.6 Å². The molecule has 3 aromatic carbocycles. The Balaban J connectivity index is 1.70. The lowest BCUT2D eigenvalue weighted by molar-refractivity contribution is 0.0940. The van der Waals surface area contributed by atoms with E-state index in [4.69, 9.17) is 4.74 Å². The second kappa shape index (κ2) is 9.66. The summed E-state index contributed by atoms with van der Waals surface area (Å²) < 4.78 is 33.2. The molecule has 0 radical (unpaired) electrons. The number of hydrogen-bond acceptors (Lipinski definition) is 4. The van der Waals surface area contributed by atoms with E-state index < -0.39 is 10.0 Å². The predicted octanol–water partition coefficient (Wildman–Crippen LogP) is 4.69. The highest BCUT2D eigenvalue weighted by molar-refractivity contribution is 7.92. The topological polar surface area (TPSA) is 84.5 Å². The van der Waals surface area contributed by atoms with Crippen LogP contribution in [0.3, 0.4) is 0 Å². The maximum atomic E-state index is 12.7. The van der Waals surface area contributed by atoms with Crippen LogP contribution in [0.4, 0.5) is 5.69 Å².